The minimum Gasteiger partial charge on any atom is -0.349 e. The highest BCUT2D eigenvalue weighted by molar-refractivity contribution is 5.99. The summed E-state index contributed by atoms with van der Waals surface area (Å²) in [6, 6.07) is 5.77. The third kappa shape index (κ3) is 3.24. The Labute approximate surface area is 137 Å². The van der Waals surface area contributed by atoms with E-state index in [0.29, 0.717) is 6.42 Å². The van der Waals surface area contributed by atoms with E-state index < -0.39 is 5.54 Å². The Morgan fingerprint density at radius 2 is 2.22 bits per heavy atom. The van der Waals surface area contributed by atoms with E-state index in [2.05, 4.69) is 10.6 Å². The Balaban J connectivity index is 1.69. The molecular formula is C18H25N3O2. The van der Waals surface area contributed by atoms with Gasteiger partial charge in [-0.15, -0.1) is 0 Å². The number of carbonyl (C=O) groups excluding carboxylic acids is 2. The molecule has 0 saturated heterocycles. The first kappa shape index (κ1) is 16.0. The van der Waals surface area contributed by atoms with Crippen LogP contribution >= 0.6 is 0 Å². The minimum absolute atomic E-state index is 0.0231. The van der Waals surface area contributed by atoms with Crippen molar-refractivity contribution in [3.05, 3.63) is 29.3 Å². The second kappa shape index (κ2) is 5.96. The maximum absolute atomic E-state index is 12.6. The molecule has 1 fully saturated rings. The van der Waals surface area contributed by atoms with Crippen LogP contribution in [0.15, 0.2) is 18.2 Å². The van der Waals surface area contributed by atoms with Crippen molar-refractivity contribution in [2.45, 2.75) is 57.5 Å². The Morgan fingerprint density at radius 1 is 1.43 bits per heavy atom. The van der Waals surface area contributed by atoms with Gasteiger partial charge in [-0.3, -0.25) is 9.59 Å². The molecule has 4 N–H and O–H groups in total. The van der Waals surface area contributed by atoms with Crippen molar-refractivity contribution >= 4 is 17.5 Å². The number of rotatable bonds is 3. The summed E-state index contributed by atoms with van der Waals surface area (Å²) in [6.07, 6.45) is 4.32. The van der Waals surface area contributed by atoms with E-state index in [1.54, 1.807) is 0 Å². The fourth-order valence-corrected chi connectivity index (χ4v) is 3.70. The highest BCUT2D eigenvalue weighted by Crippen LogP contribution is 2.32. The molecule has 2 aliphatic rings. The second-order valence-corrected chi connectivity index (χ2v) is 7.18. The van der Waals surface area contributed by atoms with Crippen molar-refractivity contribution in [2.24, 2.45) is 11.7 Å². The Hall–Kier alpha value is -1.88. The molecule has 1 aliphatic carbocycles. The number of fused-ring (bicyclic) bond motifs is 1. The maximum atomic E-state index is 12.6. The summed E-state index contributed by atoms with van der Waals surface area (Å²) in [5.74, 6) is -0.0665. The monoisotopic (exact) mass is 315 g/mol. The molecule has 5 nitrogen and oxygen atoms in total. The van der Waals surface area contributed by atoms with Crippen LogP contribution in [0.25, 0.3) is 0 Å². The van der Waals surface area contributed by atoms with Crippen LogP contribution in [0, 0.1) is 5.92 Å². The molecule has 2 amide bonds. The van der Waals surface area contributed by atoms with E-state index in [9.17, 15) is 9.59 Å². The average Bonchev–Trinajstić information content (AvgIpc) is 2.85. The molecule has 1 saturated carbocycles. The van der Waals surface area contributed by atoms with Gasteiger partial charge in [0.05, 0.1) is 18.4 Å². The molecule has 1 heterocycles. The number of nitrogens with one attached hydrogen (secondary N) is 2. The molecule has 1 aromatic rings. The van der Waals surface area contributed by atoms with E-state index in [1.807, 2.05) is 32.0 Å². The molecule has 3 rings (SSSR count). The molecule has 124 valence electrons. The van der Waals surface area contributed by atoms with Crippen molar-refractivity contribution < 1.29 is 9.59 Å². The van der Waals surface area contributed by atoms with Crippen molar-refractivity contribution in [1.82, 2.24) is 5.32 Å². The van der Waals surface area contributed by atoms with E-state index in [1.165, 1.54) is 0 Å². The number of amides is 2. The number of hydrogen-bond donors (Lipinski definition) is 3. The third-order valence-electron chi connectivity index (χ3n) is 5.18. The second-order valence-electron chi connectivity index (χ2n) is 7.18. The van der Waals surface area contributed by atoms with Crippen LogP contribution in [0.4, 0.5) is 5.69 Å². The van der Waals surface area contributed by atoms with E-state index in [4.69, 9.17) is 5.73 Å². The van der Waals surface area contributed by atoms with Crippen molar-refractivity contribution in [2.75, 3.05) is 5.32 Å². The van der Waals surface area contributed by atoms with E-state index in [-0.39, 0.29) is 23.8 Å². The van der Waals surface area contributed by atoms with Gasteiger partial charge >= 0.3 is 0 Å². The van der Waals surface area contributed by atoms with Crippen LogP contribution in [-0.2, 0) is 16.0 Å². The van der Waals surface area contributed by atoms with Crippen molar-refractivity contribution in [3.63, 3.8) is 0 Å². The number of benzene rings is 1. The average molecular weight is 315 g/mol. The van der Waals surface area contributed by atoms with E-state index in [0.717, 1.165) is 42.5 Å². The lowest BCUT2D eigenvalue weighted by Gasteiger charge is -2.37. The first-order valence-electron chi connectivity index (χ1n) is 8.39. The predicted molar refractivity (Wildman–Crippen MR) is 89.9 cm³/mol. The molecule has 1 aliphatic heterocycles. The smallest absolute Gasteiger partial charge is 0.228 e. The predicted octanol–water partition coefficient (Wildman–Crippen LogP) is 2.27. The number of anilines is 1. The minimum atomic E-state index is -0.420. The lowest BCUT2D eigenvalue weighted by molar-refractivity contribution is -0.128. The standard InChI is InChI=1S/C18H25N3O2/c1-11(12-6-7-15-13(9-12)10-16(22)21-15)20-17(23)14-5-3-4-8-18(14,2)19/h6-7,9,11,14H,3-5,8,10,19H2,1-2H3,(H,20,23)(H,21,22). The highest BCUT2D eigenvalue weighted by Gasteiger charge is 2.38. The van der Waals surface area contributed by atoms with Gasteiger partial charge in [-0.05, 0) is 43.9 Å². The van der Waals surface area contributed by atoms with Crippen LogP contribution < -0.4 is 16.4 Å². The van der Waals surface area contributed by atoms with Gasteiger partial charge in [-0.25, -0.2) is 0 Å². The van der Waals surface area contributed by atoms with Crippen molar-refractivity contribution in [3.8, 4) is 0 Å². The Bertz CT molecular complexity index is 639. The van der Waals surface area contributed by atoms with Crippen molar-refractivity contribution in [1.29, 1.82) is 0 Å². The quantitative estimate of drug-likeness (QED) is 0.800. The van der Waals surface area contributed by atoms with Gasteiger partial charge in [0.1, 0.15) is 0 Å². The summed E-state index contributed by atoms with van der Waals surface area (Å²) >= 11 is 0. The van der Waals surface area contributed by atoms with Gasteiger partial charge in [0.2, 0.25) is 11.8 Å². The zero-order valence-corrected chi connectivity index (χ0v) is 13.8. The Kier molecular flexibility index (Phi) is 4.15. The van der Waals surface area contributed by atoms with Gasteiger partial charge < -0.3 is 16.4 Å². The molecular weight excluding hydrogens is 290 g/mol. The van der Waals surface area contributed by atoms with Gasteiger partial charge in [0, 0.05) is 11.2 Å². The molecule has 0 bridgehead atoms. The van der Waals surface area contributed by atoms with Gasteiger partial charge in [-0.2, -0.15) is 0 Å². The number of carbonyl (C=O) groups is 2. The molecule has 0 radical (unpaired) electrons. The van der Waals surface area contributed by atoms with E-state index >= 15 is 0 Å². The van der Waals surface area contributed by atoms with Gasteiger partial charge in [0.25, 0.3) is 0 Å². The summed E-state index contributed by atoms with van der Waals surface area (Å²) in [5, 5.41) is 5.92. The number of hydrogen-bond acceptors (Lipinski definition) is 3. The molecule has 5 heteroatoms. The van der Waals surface area contributed by atoms with Crippen LogP contribution in [-0.4, -0.2) is 17.4 Å². The van der Waals surface area contributed by atoms with Crippen LogP contribution in [0.1, 0.15) is 56.7 Å². The fourth-order valence-electron chi connectivity index (χ4n) is 3.70. The van der Waals surface area contributed by atoms with Gasteiger partial charge in [-0.1, -0.05) is 25.0 Å². The summed E-state index contributed by atoms with van der Waals surface area (Å²) in [4.78, 5) is 24.1. The van der Waals surface area contributed by atoms with Crippen LogP contribution in [0.5, 0.6) is 0 Å². The summed E-state index contributed by atoms with van der Waals surface area (Å²) in [7, 11) is 0. The van der Waals surface area contributed by atoms with Crippen LogP contribution in [0.3, 0.4) is 0 Å². The zero-order chi connectivity index (χ0) is 16.6. The van der Waals surface area contributed by atoms with Crippen LogP contribution in [0.2, 0.25) is 0 Å². The summed E-state index contributed by atoms with van der Waals surface area (Å²) in [5.41, 5.74) is 8.79. The summed E-state index contributed by atoms with van der Waals surface area (Å²) < 4.78 is 0. The zero-order valence-electron chi connectivity index (χ0n) is 13.8. The molecule has 0 aromatic heterocycles. The molecule has 0 spiro atoms. The summed E-state index contributed by atoms with van der Waals surface area (Å²) in [6.45, 7) is 3.95. The molecule has 3 atom stereocenters. The highest BCUT2D eigenvalue weighted by atomic mass is 16.2. The third-order valence-corrected chi connectivity index (χ3v) is 5.18. The normalized spacial score (nSPS) is 28.0. The lowest BCUT2D eigenvalue weighted by atomic mass is 9.74. The SMILES string of the molecule is CC(NC(=O)C1CCCCC1(C)N)c1ccc2c(c1)CC(=O)N2. The molecule has 23 heavy (non-hydrogen) atoms. The van der Waals surface area contributed by atoms with Gasteiger partial charge in [0.15, 0.2) is 0 Å². The Morgan fingerprint density at radius 3 is 2.96 bits per heavy atom. The first-order chi connectivity index (χ1) is 10.9. The molecule has 3 unspecified atom stereocenters. The number of nitrogens with two attached hydrogens (primary N) is 1. The first-order valence-corrected chi connectivity index (χ1v) is 8.39. The topological polar surface area (TPSA) is 84.2 Å². The largest absolute Gasteiger partial charge is 0.349 e. The lowest BCUT2D eigenvalue weighted by Crippen LogP contribution is -2.53. The maximum Gasteiger partial charge on any atom is 0.228 e. The molecule has 1 aromatic carbocycles. The fraction of sp³-hybridized carbons (Fsp3) is 0.556.